The number of carbonyl (C=O) groups is 1. The van der Waals surface area contributed by atoms with E-state index in [0.717, 1.165) is 50.9 Å². The smallest absolute Gasteiger partial charge is 0.254 e. The summed E-state index contributed by atoms with van der Waals surface area (Å²) in [7, 11) is 0. The number of aryl methyl sites for hydroxylation is 1. The first-order chi connectivity index (χ1) is 14.1. The third kappa shape index (κ3) is 6.78. The Hall–Kier alpha value is -0.950. The van der Waals surface area contributed by atoms with Gasteiger partial charge in [0.2, 0.25) is 0 Å². The highest BCUT2D eigenvalue weighted by Gasteiger charge is 2.41. The van der Waals surface area contributed by atoms with Crippen LogP contribution in [-0.2, 0) is 4.74 Å². The summed E-state index contributed by atoms with van der Waals surface area (Å²) in [6.07, 6.45) is 10.6. The van der Waals surface area contributed by atoms with Gasteiger partial charge in [-0.2, -0.15) is 0 Å². The molecule has 1 aromatic heterocycles. The van der Waals surface area contributed by atoms with Gasteiger partial charge in [0.05, 0.1) is 24.3 Å². The van der Waals surface area contributed by atoms with Crippen LogP contribution in [0.3, 0.4) is 0 Å². The summed E-state index contributed by atoms with van der Waals surface area (Å²) in [5, 5.41) is 10.8. The molecule has 1 spiro atoms. The monoisotopic (exact) mass is 422 g/mol. The van der Waals surface area contributed by atoms with Crippen LogP contribution in [-0.4, -0.2) is 72.4 Å². The van der Waals surface area contributed by atoms with Crippen LogP contribution >= 0.6 is 11.3 Å². The first-order valence-corrected chi connectivity index (χ1v) is 12.3. The molecule has 1 aromatic rings. The number of likely N-dealkylation sites (tertiary alicyclic amines) is 1. The van der Waals surface area contributed by atoms with Crippen molar-refractivity contribution in [2.45, 2.75) is 70.3 Å². The second kappa shape index (κ2) is 11.4. The second-order valence-corrected chi connectivity index (χ2v) is 9.86. The summed E-state index contributed by atoms with van der Waals surface area (Å²) in [6, 6.07) is 2.00. The molecule has 2 saturated heterocycles. The Labute approximate surface area is 180 Å². The van der Waals surface area contributed by atoms with E-state index in [4.69, 9.17) is 9.84 Å². The van der Waals surface area contributed by atoms with Gasteiger partial charge in [0.25, 0.3) is 5.91 Å². The summed E-state index contributed by atoms with van der Waals surface area (Å²) in [5.74, 6) is 0.165. The van der Waals surface area contributed by atoms with E-state index in [-0.39, 0.29) is 11.5 Å². The Morgan fingerprint density at radius 3 is 2.45 bits per heavy atom. The maximum atomic E-state index is 12.8. The number of unbranched alkanes of at least 4 members (excludes halogenated alkanes) is 6. The number of amides is 1. The van der Waals surface area contributed by atoms with Crippen molar-refractivity contribution in [3.8, 4) is 0 Å². The number of hydrogen-bond acceptors (Lipinski definition) is 5. The topological polar surface area (TPSA) is 53.0 Å². The maximum Gasteiger partial charge on any atom is 0.254 e. The van der Waals surface area contributed by atoms with Crippen LogP contribution in [0, 0.1) is 6.92 Å². The Bertz CT molecular complexity index is 625. The number of aliphatic hydroxyl groups is 1. The number of nitrogens with zero attached hydrogens (tertiary/aromatic N) is 2. The lowest BCUT2D eigenvalue weighted by atomic mass is 9.89. The average molecular weight is 423 g/mol. The Morgan fingerprint density at radius 1 is 1.10 bits per heavy atom. The highest BCUT2D eigenvalue weighted by Crippen LogP contribution is 2.31. The number of aliphatic hydroxyl groups excluding tert-OH is 1. The van der Waals surface area contributed by atoms with Crippen molar-refractivity contribution in [1.82, 2.24) is 9.80 Å². The molecule has 0 aliphatic carbocycles. The van der Waals surface area contributed by atoms with Crippen molar-refractivity contribution in [1.29, 1.82) is 0 Å². The van der Waals surface area contributed by atoms with Crippen molar-refractivity contribution >= 4 is 17.2 Å². The van der Waals surface area contributed by atoms with Crippen LogP contribution in [0.5, 0.6) is 0 Å². The summed E-state index contributed by atoms with van der Waals surface area (Å²) >= 11 is 1.64. The minimum Gasteiger partial charge on any atom is -0.396 e. The van der Waals surface area contributed by atoms with Crippen LogP contribution in [0.15, 0.2) is 11.4 Å². The maximum absolute atomic E-state index is 12.8. The van der Waals surface area contributed by atoms with Crippen molar-refractivity contribution in [2.24, 2.45) is 0 Å². The molecule has 2 fully saturated rings. The molecule has 29 heavy (non-hydrogen) atoms. The van der Waals surface area contributed by atoms with E-state index >= 15 is 0 Å². The number of morpholine rings is 1. The molecule has 0 saturated carbocycles. The molecule has 3 heterocycles. The van der Waals surface area contributed by atoms with Gasteiger partial charge in [0, 0.05) is 36.5 Å². The second-order valence-electron chi connectivity index (χ2n) is 8.74. The van der Waals surface area contributed by atoms with Crippen molar-refractivity contribution in [3.63, 3.8) is 0 Å². The van der Waals surface area contributed by atoms with Crippen molar-refractivity contribution in [3.05, 3.63) is 21.9 Å². The van der Waals surface area contributed by atoms with Gasteiger partial charge in [-0.1, -0.05) is 32.1 Å². The zero-order chi connectivity index (χ0) is 20.5. The molecule has 5 nitrogen and oxygen atoms in total. The SMILES string of the molecule is Cc1cc(C(=O)N2CCOC3(CCN(CCCCCCCCCO)CC3)C2)cs1. The molecule has 0 unspecified atom stereocenters. The number of ether oxygens (including phenoxy) is 1. The van der Waals surface area contributed by atoms with Gasteiger partial charge in [-0.3, -0.25) is 4.79 Å². The molecule has 0 atom stereocenters. The largest absolute Gasteiger partial charge is 0.396 e. The molecule has 2 aliphatic heterocycles. The van der Waals surface area contributed by atoms with E-state index in [1.807, 2.05) is 16.3 Å². The zero-order valence-corrected chi connectivity index (χ0v) is 18.9. The van der Waals surface area contributed by atoms with Crippen LogP contribution in [0.2, 0.25) is 0 Å². The van der Waals surface area contributed by atoms with Gasteiger partial charge >= 0.3 is 0 Å². The Balaban J connectivity index is 1.35. The zero-order valence-electron chi connectivity index (χ0n) is 18.0. The van der Waals surface area contributed by atoms with Gasteiger partial charge in [-0.25, -0.2) is 0 Å². The molecule has 0 radical (unpaired) electrons. The molecule has 6 heteroatoms. The average Bonchev–Trinajstić information content (AvgIpc) is 3.17. The molecule has 3 rings (SSSR count). The number of hydrogen-bond donors (Lipinski definition) is 1. The fourth-order valence-electron chi connectivity index (χ4n) is 4.57. The normalized spacial score (nSPS) is 19.7. The van der Waals surface area contributed by atoms with E-state index in [1.165, 1.54) is 43.5 Å². The van der Waals surface area contributed by atoms with Crippen LogP contribution < -0.4 is 0 Å². The quantitative estimate of drug-likeness (QED) is 0.577. The third-order valence-corrected chi connectivity index (χ3v) is 7.27. The number of rotatable bonds is 10. The van der Waals surface area contributed by atoms with Crippen LogP contribution in [0.25, 0.3) is 0 Å². The minimum atomic E-state index is -0.137. The highest BCUT2D eigenvalue weighted by atomic mass is 32.1. The van der Waals surface area contributed by atoms with E-state index in [0.29, 0.717) is 19.8 Å². The van der Waals surface area contributed by atoms with E-state index < -0.39 is 0 Å². The fraction of sp³-hybridized carbons (Fsp3) is 0.783. The number of carbonyl (C=O) groups excluding carboxylic acids is 1. The lowest BCUT2D eigenvalue weighted by Gasteiger charge is -2.47. The first kappa shape index (κ1) is 22.7. The Kier molecular flexibility index (Phi) is 8.97. The van der Waals surface area contributed by atoms with E-state index in [2.05, 4.69) is 11.8 Å². The predicted molar refractivity (Wildman–Crippen MR) is 119 cm³/mol. The molecule has 0 aromatic carbocycles. The summed E-state index contributed by atoms with van der Waals surface area (Å²) < 4.78 is 6.23. The number of thiophene rings is 1. The van der Waals surface area contributed by atoms with E-state index in [1.54, 1.807) is 11.3 Å². The van der Waals surface area contributed by atoms with Crippen LogP contribution in [0.4, 0.5) is 0 Å². The van der Waals surface area contributed by atoms with Gasteiger partial charge < -0.3 is 19.6 Å². The van der Waals surface area contributed by atoms with Gasteiger partial charge in [-0.15, -0.1) is 11.3 Å². The molecular weight excluding hydrogens is 384 g/mol. The highest BCUT2D eigenvalue weighted by molar-refractivity contribution is 7.10. The first-order valence-electron chi connectivity index (χ1n) is 11.4. The fourth-order valence-corrected chi connectivity index (χ4v) is 5.25. The lowest BCUT2D eigenvalue weighted by molar-refractivity contribution is -0.127. The van der Waals surface area contributed by atoms with Crippen LogP contribution in [0.1, 0.15) is 73.0 Å². The summed E-state index contributed by atoms with van der Waals surface area (Å²) in [6.45, 7) is 7.83. The van der Waals surface area contributed by atoms with Gasteiger partial charge in [-0.05, 0) is 45.2 Å². The lowest BCUT2D eigenvalue weighted by Crippen LogP contribution is -2.58. The van der Waals surface area contributed by atoms with E-state index in [9.17, 15) is 4.79 Å². The molecule has 1 N–H and O–H groups in total. The molecule has 0 bridgehead atoms. The summed E-state index contributed by atoms with van der Waals surface area (Å²) in [4.78, 5) is 18.6. The minimum absolute atomic E-state index is 0.137. The van der Waals surface area contributed by atoms with Crippen molar-refractivity contribution < 1.29 is 14.6 Å². The number of piperidine rings is 1. The predicted octanol–water partition coefficient (Wildman–Crippen LogP) is 4.09. The van der Waals surface area contributed by atoms with Gasteiger partial charge in [0.15, 0.2) is 0 Å². The standard InChI is InChI=1S/C23H38N2O3S/c1-20-17-21(18-29-20)22(27)25-14-16-28-23(19-25)9-12-24(13-10-23)11-7-5-3-2-4-6-8-15-26/h17-18,26H,2-16,19H2,1H3. The Morgan fingerprint density at radius 2 is 1.79 bits per heavy atom. The molecule has 2 aliphatic rings. The third-order valence-electron chi connectivity index (χ3n) is 6.41. The van der Waals surface area contributed by atoms with Crippen molar-refractivity contribution in [2.75, 3.05) is 45.9 Å². The molecular formula is C23H38N2O3S. The summed E-state index contributed by atoms with van der Waals surface area (Å²) in [5.41, 5.74) is 0.695. The molecule has 164 valence electrons. The molecule has 1 amide bonds. The van der Waals surface area contributed by atoms with Gasteiger partial charge in [0.1, 0.15) is 0 Å².